The van der Waals surface area contributed by atoms with Crippen molar-refractivity contribution in [2.24, 2.45) is 5.92 Å². The van der Waals surface area contributed by atoms with Gasteiger partial charge in [-0.3, -0.25) is 0 Å². The van der Waals surface area contributed by atoms with Gasteiger partial charge in [-0.1, -0.05) is 24.5 Å². The maximum absolute atomic E-state index is 3.61. The summed E-state index contributed by atoms with van der Waals surface area (Å²) < 4.78 is 0. The molecule has 80 valence electrons. The van der Waals surface area contributed by atoms with Gasteiger partial charge in [0.05, 0.1) is 0 Å². The molecule has 1 nitrogen and oxygen atoms in total. The number of nitrogens with one attached hydrogen (secondary N) is 1. The highest BCUT2D eigenvalue weighted by atomic mass is 14.9. The fourth-order valence-corrected chi connectivity index (χ4v) is 2.95. The first-order valence-electron chi connectivity index (χ1n) is 6.19. The number of hydrogen-bond donors (Lipinski definition) is 1. The Kier molecular flexibility index (Phi) is 3.27. The second-order valence-corrected chi connectivity index (χ2v) is 5.14. The van der Waals surface area contributed by atoms with E-state index in [1.165, 1.54) is 45.1 Å². The molecule has 0 aromatic carbocycles. The van der Waals surface area contributed by atoms with Crippen molar-refractivity contribution in [1.82, 2.24) is 5.32 Å². The van der Waals surface area contributed by atoms with Gasteiger partial charge in [-0.05, 0) is 51.5 Å². The van der Waals surface area contributed by atoms with Crippen molar-refractivity contribution in [3.8, 4) is 0 Å². The molecule has 1 aliphatic carbocycles. The Balaban J connectivity index is 2.04. The molecular formula is C13H23N. The summed E-state index contributed by atoms with van der Waals surface area (Å²) in [6.45, 7) is 5.98. The van der Waals surface area contributed by atoms with Crippen LogP contribution in [0.1, 0.15) is 52.4 Å². The van der Waals surface area contributed by atoms with Crippen molar-refractivity contribution in [2.75, 3.05) is 6.54 Å². The predicted molar refractivity (Wildman–Crippen MR) is 61.4 cm³/mol. The molecule has 0 aromatic rings. The summed E-state index contributed by atoms with van der Waals surface area (Å²) in [5.41, 5.74) is 3.44. The second kappa shape index (κ2) is 4.48. The van der Waals surface area contributed by atoms with Crippen LogP contribution in [-0.4, -0.2) is 12.6 Å². The van der Waals surface area contributed by atoms with Gasteiger partial charge in [0.25, 0.3) is 0 Å². The first-order valence-corrected chi connectivity index (χ1v) is 6.19. The summed E-state index contributed by atoms with van der Waals surface area (Å²) in [7, 11) is 0. The number of allylic oxidation sites excluding steroid dienone is 1. The van der Waals surface area contributed by atoms with Crippen LogP contribution >= 0.6 is 0 Å². The van der Waals surface area contributed by atoms with Gasteiger partial charge < -0.3 is 5.32 Å². The van der Waals surface area contributed by atoms with E-state index in [1.807, 2.05) is 0 Å². The van der Waals surface area contributed by atoms with Crippen molar-refractivity contribution < 1.29 is 0 Å². The van der Waals surface area contributed by atoms with Gasteiger partial charge in [-0.25, -0.2) is 0 Å². The Hall–Kier alpha value is -0.300. The lowest BCUT2D eigenvalue weighted by Crippen LogP contribution is -2.24. The average Bonchev–Trinajstić information content (AvgIpc) is 2.69. The van der Waals surface area contributed by atoms with E-state index in [1.54, 1.807) is 11.1 Å². The molecule has 1 aliphatic heterocycles. The molecule has 0 radical (unpaired) electrons. The zero-order valence-corrected chi connectivity index (χ0v) is 9.60. The lowest BCUT2D eigenvalue weighted by atomic mass is 9.83. The molecule has 2 fully saturated rings. The average molecular weight is 193 g/mol. The highest BCUT2D eigenvalue weighted by molar-refractivity contribution is 5.20. The summed E-state index contributed by atoms with van der Waals surface area (Å²) >= 11 is 0. The van der Waals surface area contributed by atoms with Crippen LogP contribution in [-0.2, 0) is 0 Å². The molecule has 1 heterocycles. The van der Waals surface area contributed by atoms with Crippen LogP contribution in [0.25, 0.3) is 0 Å². The molecule has 0 amide bonds. The molecule has 0 aromatic heterocycles. The van der Waals surface area contributed by atoms with Gasteiger partial charge in [-0.15, -0.1) is 0 Å². The van der Waals surface area contributed by atoms with Gasteiger partial charge in [0.2, 0.25) is 0 Å². The highest BCUT2D eigenvalue weighted by Gasteiger charge is 2.21. The Morgan fingerprint density at radius 1 is 1.29 bits per heavy atom. The topological polar surface area (TPSA) is 12.0 Å². The van der Waals surface area contributed by atoms with Crippen molar-refractivity contribution in [3.63, 3.8) is 0 Å². The number of hydrogen-bond acceptors (Lipinski definition) is 1. The molecule has 0 bridgehead atoms. The minimum Gasteiger partial charge on any atom is -0.310 e. The highest BCUT2D eigenvalue weighted by Crippen LogP contribution is 2.32. The van der Waals surface area contributed by atoms with Gasteiger partial charge in [0.1, 0.15) is 0 Å². The molecule has 0 spiro atoms. The van der Waals surface area contributed by atoms with Gasteiger partial charge >= 0.3 is 0 Å². The van der Waals surface area contributed by atoms with E-state index < -0.39 is 0 Å². The summed E-state index contributed by atoms with van der Waals surface area (Å²) in [5.74, 6) is 0.926. The summed E-state index contributed by atoms with van der Waals surface area (Å²) in [4.78, 5) is 0. The molecule has 1 saturated heterocycles. The summed E-state index contributed by atoms with van der Waals surface area (Å²) in [6, 6.07) is 0.718. The van der Waals surface area contributed by atoms with Crippen LogP contribution < -0.4 is 5.32 Å². The van der Waals surface area contributed by atoms with Crippen LogP contribution in [0, 0.1) is 5.92 Å². The van der Waals surface area contributed by atoms with Crippen molar-refractivity contribution >= 4 is 0 Å². The second-order valence-electron chi connectivity index (χ2n) is 5.14. The van der Waals surface area contributed by atoms with Gasteiger partial charge in [-0.2, -0.15) is 0 Å². The van der Waals surface area contributed by atoms with Crippen molar-refractivity contribution in [3.05, 3.63) is 11.1 Å². The molecule has 1 N–H and O–H groups in total. The maximum Gasteiger partial charge on any atom is 0.0279 e. The maximum atomic E-state index is 3.61. The monoisotopic (exact) mass is 193 g/mol. The normalized spacial score (nSPS) is 37.3. The van der Waals surface area contributed by atoms with Crippen LogP contribution in [0.5, 0.6) is 0 Å². The molecule has 14 heavy (non-hydrogen) atoms. The summed E-state index contributed by atoms with van der Waals surface area (Å²) in [5, 5.41) is 3.61. The minimum atomic E-state index is 0.718. The van der Waals surface area contributed by atoms with E-state index in [2.05, 4.69) is 19.2 Å². The zero-order valence-electron chi connectivity index (χ0n) is 9.60. The lowest BCUT2D eigenvalue weighted by molar-refractivity contribution is 0.445. The van der Waals surface area contributed by atoms with E-state index in [0.29, 0.717) is 0 Å². The fraction of sp³-hybridized carbons (Fsp3) is 0.846. The third-order valence-corrected chi connectivity index (χ3v) is 3.91. The van der Waals surface area contributed by atoms with Crippen LogP contribution in [0.15, 0.2) is 11.1 Å². The molecule has 2 aliphatic rings. The largest absolute Gasteiger partial charge is 0.310 e. The quantitative estimate of drug-likeness (QED) is 0.630. The summed E-state index contributed by atoms with van der Waals surface area (Å²) in [6.07, 6.45) is 8.32. The van der Waals surface area contributed by atoms with E-state index in [0.717, 1.165) is 12.0 Å². The zero-order chi connectivity index (χ0) is 9.97. The Bertz CT molecular complexity index is 223. The lowest BCUT2D eigenvalue weighted by Gasteiger charge is -2.25. The van der Waals surface area contributed by atoms with Gasteiger partial charge in [0.15, 0.2) is 0 Å². The van der Waals surface area contributed by atoms with E-state index in [4.69, 9.17) is 0 Å². The van der Waals surface area contributed by atoms with Gasteiger partial charge in [0, 0.05) is 6.04 Å². The Morgan fingerprint density at radius 2 is 2.14 bits per heavy atom. The first-order chi connectivity index (χ1) is 6.77. The van der Waals surface area contributed by atoms with E-state index in [9.17, 15) is 0 Å². The van der Waals surface area contributed by atoms with Crippen molar-refractivity contribution in [2.45, 2.75) is 58.4 Å². The molecule has 1 saturated carbocycles. The van der Waals surface area contributed by atoms with Crippen LogP contribution in [0.3, 0.4) is 0 Å². The Morgan fingerprint density at radius 3 is 2.79 bits per heavy atom. The molecule has 2 atom stereocenters. The Labute approximate surface area is 88.0 Å². The first kappa shape index (κ1) is 10.2. The number of rotatable bonds is 1. The van der Waals surface area contributed by atoms with E-state index >= 15 is 0 Å². The van der Waals surface area contributed by atoms with Crippen molar-refractivity contribution in [1.29, 1.82) is 0 Å². The van der Waals surface area contributed by atoms with Crippen LogP contribution in [0.2, 0.25) is 0 Å². The van der Waals surface area contributed by atoms with Crippen LogP contribution in [0.4, 0.5) is 0 Å². The standard InChI is InChI=1S/C13H23N/c1-10-5-3-6-12(9-10)11(2)13-7-4-8-14-13/h10,13-14H,3-9H2,1-2H3/b12-11-. The smallest absolute Gasteiger partial charge is 0.0279 e. The molecule has 2 unspecified atom stereocenters. The third-order valence-electron chi connectivity index (χ3n) is 3.91. The van der Waals surface area contributed by atoms with E-state index in [-0.39, 0.29) is 0 Å². The predicted octanol–water partition coefficient (Wildman–Crippen LogP) is 3.27. The third kappa shape index (κ3) is 2.20. The molecule has 2 rings (SSSR count). The molecular weight excluding hydrogens is 170 g/mol. The minimum absolute atomic E-state index is 0.718. The fourth-order valence-electron chi connectivity index (χ4n) is 2.95. The SMILES string of the molecule is C/C(=C1\CCCC(C)C1)C1CCCN1. The molecule has 1 heteroatoms.